The van der Waals surface area contributed by atoms with E-state index in [1.807, 2.05) is 19.9 Å². The van der Waals surface area contributed by atoms with Crippen molar-refractivity contribution < 1.29 is 17.9 Å². The van der Waals surface area contributed by atoms with Gasteiger partial charge in [-0.3, -0.25) is 9.52 Å². The largest absolute Gasteiger partial charge is 0.464 e. The molecule has 3 rings (SSSR count). The van der Waals surface area contributed by atoms with E-state index in [-0.39, 0.29) is 12.3 Å². The van der Waals surface area contributed by atoms with Crippen LogP contribution in [0, 0.1) is 0 Å². The topological polar surface area (TPSA) is 126 Å². The molecule has 11 heteroatoms. The zero-order valence-electron chi connectivity index (χ0n) is 21.6. The number of sulfonamides is 1. The van der Waals surface area contributed by atoms with E-state index >= 15 is 0 Å². The Kier molecular flexibility index (Phi) is 9.89. The van der Waals surface area contributed by atoms with Gasteiger partial charge in [0.05, 0.1) is 42.3 Å². The zero-order chi connectivity index (χ0) is 26.1. The number of carbonyl (C=O) groups is 1. The van der Waals surface area contributed by atoms with E-state index in [1.165, 1.54) is 0 Å². The fourth-order valence-corrected chi connectivity index (χ4v) is 5.11. The van der Waals surface area contributed by atoms with Gasteiger partial charge < -0.3 is 20.3 Å². The minimum Gasteiger partial charge on any atom is -0.464 e. The van der Waals surface area contributed by atoms with Gasteiger partial charge in [-0.25, -0.2) is 18.4 Å². The Bertz CT molecular complexity index is 1100. The summed E-state index contributed by atoms with van der Waals surface area (Å²) in [5, 5.41) is 6.90. The number of hydrogen-bond donors (Lipinski definition) is 3. The smallest absolute Gasteiger partial charge is 0.316 e. The zero-order valence-corrected chi connectivity index (χ0v) is 22.4. The van der Waals surface area contributed by atoms with E-state index in [1.54, 1.807) is 12.4 Å². The van der Waals surface area contributed by atoms with Crippen LogP contribution in [0.5, 0.6) is 6.01 Å². The van der Waals surface area contributed by atoms with Crippen LogP contribution in [0.3, 0.4) is 0 Å². The third-order valence-corrected chi connectivity index (χ3v) is 6.89. The SMILES string of the molecule is CCOc1ncc(Nc2cc([C@@H](CC)CC(=O)NS(C)(=O)=O)ccc2N(CC)C2CCNCC2)cn1. The molecule has 36 heavy (non-hydrogen) atoms. The van der Waals surface area contributed by atoms with Crippen molar-refractivity contribution in [3.05, 3.63) is 36.2 Å². The highest BCUT2D eigenvalue weighted by Crippen LogP contribution is 2.36. The molecular formula is C25H38N6O4S. The molecule has 0 saturated carbocycles. The fourth-order valence-electron chi connectivity index (χ4n) is 4.61. The molecule has 0 bridgehead atoms. The fraction of sp³-hybridized carbons (Fsp3) is 0.560. The Hall–Kier alpha value is -2.92. The first-order valence-electron chi connectivity index (χ1n) is 12.6. The Morgan fingerprint density at radius 1 is 1.19 bits per heavy atom. The maximum atomic E-state index is 12.3. The highest BCUT2D eigenvalue weighted by molar-refractivity contribution is 7.89. The second-order valence-electron chi connectivity index (χ2n) is 8.96. The van der Waals surface area contributed by atoms with Crippen molar-refractivity contribution in [1.82, 2.24) is 20.0 Å². The number of aromatic nitrogens is 2. The predicted octanol–water partition coefficient (Wildman–Crippen LogP) is 3.16. The van der Waals surface area contributed by atoms with Gasteiger partial charge in [-0.1, -0.05) is 13.0 Å². The average molecular weight is 519 g/mol. The summed E-state index contributed by atoms with van der Waals surface area (Å²) in [7, 11) is -3.60. The molecule has 3 N–H and O–H groups in total. The first-order valence-corrected chi connectivity index (χ1v) is 14.5. The van der Waals surface area contributed by atoms with E-state index in [2.05, 4.69) is 49.3 Å². The van der Waals surface area contributed by atoms with Gasteiger partial charge in [-0.2, -0.15) is 0 Å². The maximum absolute atomic E-state index is 12.3. The molecule has 1 atom stereocenters. The Balaban J connectivity index is 1.94. The normalized spacial score (nSPS) is 15.2. The van der Waals surface area contributed by atoms with Crippen molar-refractivity contribution in [3.63, 3.8) is 0 Å². The monoisotopic (exact) mass is 518 g/mol. The molecule has 0 spiro atoms. The van der Waals surface area contributed by atoms with Crippen molar-refractivity contribution >= 4 is 33.0 Å². The lowest BCUT2D eigenvalue weighted by molar-refractivity contribution is -0.119. The molecule has 10 nitrogen and oxygen atoms in total. The summed E-state index contributed by atoms with van der Waals surface area (Å²) in [6.07, 6.45) is 7.25. The van der Waals surface area contributed by atoms with Gasteiger partial charge in [0.1, 0.15) is 0 Å². The molecule has 1 aromatic carbocycles. The molecule has 1 fully saturated rings. The van der Waals surface area contributed by atoms with Gasteiger partial charge >= 0.3 is 6.01 Å². The molecule has 1 saturated heterocycles. The standard InChI is InChI=1S/C25H38N6O4S/c1-5-18(15-24(32)30-36(4,33)34)19-8-9-23(31(6-2)21-10-12-26-13-11-21)22(14-19)29-20-16-27-25(28-17-20)35-7-3/h8-9,14,16-18,21,26,29H,5-7,10-13,15H2,1-4H3,(H,30,32)/t18-/m0/s1. The van der Waals surface area contributed by atoms with Crippen LogP contribution in [-0.4, -0.2) is 62.8 Å². The molecule has 2 heterocycles. The van der Waals surface area contributed by atoms with Crippen molar-refractivity contribution in [2.45, 2.75) is 58.4 Å². The molecule has 198 valence electrons. The minimum atomic E-state index is -3.60. The molecule has 1 aliphatic heterocycles. The van der Waals surface area contributed by atoms with Crippen LogP contribution in [0.2, 0.25) is 0 Å². The first-order chi connectivity index (χ1) is 17.2. The van der Waals surface area contributed by atoms with Crippen LogP contribution in [0.1, 0.15) is 57.9 Å². The van der Waals surface area contributed by atoms with Gasteiger partial charge in [0.15, 0.2) is 0 Å². The summed E-state index contributed by atoms with van der Waals surface area (Å²) in [6, 6.07) is 6.93. The van der Waals surface area contributed by atoms with Crippen molar-refractivity contribution in [2.75, 3.05) is 42.7 Å². The van der Waals surface area contributed by atoms with E-state index in [9.17, 15) is 13.2 Å². The van der Waals surface area contributed by atoms with Crippen LogP contribution in [0.4, 0.5) is 17.1 Å². The number of amides is 1. The molecule has 0 aliphatic carbocycles. The molecule has 1 amide bonds. The molecule has 0 radical (unpaired) electrons. The van der Waals surface area contributed by atoms with Crippen LogP contribution >= 0.6 is 0 Å². The Labute approximate surface area is 214 Å². The van der Waals surface area contributed by atoms with Gasteiger partial charge in [-0.05, 0) is 69.8 Å². The number of carbonyl (C=O) groups excluding carboxylic acids is 1. The lowest BCUT2D eigenvalue weighted by Gasteiger charge is -2.37. The molecule has 2 aromatic rings. The lowest BCUT2D eigenvalue weighted by atomic mass is 9.91. The van der Waals surface area contributed by atoms with E-state index < -0.39 is 15.9 Å². The number of rotatable bonds is 12. The highest BCUT2D eigenvalue weighted by Gasteiger charge is 2.24. The van der Waals surface area contributed by atoms with Gasteiger partial charge in [-0.15, -0.1) is 0 Å². The summed E-state index contributed by atoms with van der Waals surface area (Å²) in [5.41, 5.74) is 3.64. The van der Waals surface area contributed by atoms with E-state index in [4.69, 9.17) is 4.74 Å². The summed E-state index contributed by atoms with van der Waals surface area (Å²) in [4.78, 5) is 23.3. The second kappa shape index (κ2) is 12.9. The van der Waals surface area contributed by atoms with Gasteiger partial charge in [0.25, 0.3) is 0 Å². The number of benzene rings is 1. The van der Waals surface area contributed by atoms with E-state index in [0.29, 0.717) is 25.1 Å². The maximum Gasteiger partial charge on any atom is 0.316 e. The summed E-state index contributed by atoms with van der Waals surface area (Å²) in [6.45, 7) is 9.35. The van der Waals surface area contributed by atoms with Gasteiger partial charge in [0.2, 0.25) is 15.9 Å². The van der Waals surface area contributed by atoms with E-state index in [0.717, 1.165) is 61.4 Å². The minimum absolute atomic E-state index is 0.0836. The first kappa shape index (κ1) is 27.7. The quantitative estimate of drug-likeness (QED) is 0.388. The van der Waals surface area contributed by atoms with Crippen molar-refractivity contribution in [2.24, 2.45) is 0 Å². The average Bonchev–Trinajstić information content (AvgIpc) is 2.85. The predicted molar refractivity (Wildman–Crippen MR) is 142 cm³/mol. The number of piperidine rings is 1. The third-order valence-electron chi connectivity index (χ3n) is 6.30. The number of ether oxygens (including phenoxy) is 1. The van der Waals surface area contributed by atoms with Crippen LogP contribution < -0.4 is 25.0 Å². The third kappa shape index (κ3) is 7.79. The Morgan fingerprint density at radius 3 is 2.47 bits per heavy atom. The summed E-state index contributed by atoms with van der Waals surface area (Å²) in [5.74, 6) is -0.639. The highest BCUT2D eigenvalue weighted by atomic mass is 32.2. The molecule has 0 unspecified atom stereocenters. The number of anilines is 3. The Morgan fingerprint density at radius 2 is 1.89 bits per heavy atom. The molecule has 1 aromatic heterocycles. The van der Waals surface area contributed by atoms with Gasteiger partial charge in [0, 0.05) is 19.0 Å². The van der Waals surface area contributed by atoms with Crippen molar-refractivity contribution in [3.8, 4) is 6.01 Å². The van der Waals surface area contributed by atoms with Crippen LogP contribution in [-0.2, 0) is 14.8 Å². The number of nitrogens with one attached hydrogen (secondary N) is 3. The second-order valence-corrected chi connectivity index (χ2v) is 10.7. The number of hydrogen-bond acceptors (Lipinski definition) is 9. The molecule has 1 aliphatic rings. The molecular weight excluding hydrogens is 480 g/mol. The van der Waals surface area contributed by atoms with Crippen molar-refractivity contribution in [1.29, 1.82) is 0 Å². The lowest BCUT2D eigenvalue weighted by Crippen LogP contribution is -2.43. The summed E-state index contributed by atoms with van der Waals surface area (Å²) >= 11 is 0. The van der Waals surface area contributed by atoms with Crippen LogP contribution in [0.25, 0.3) is 0 Å². The van der Waals surface area contributed by atoms with Crippen LogP contribution in [0.15, 0.2) is 30.6 Å². The number of nitrogens with zero attached hydrogens (tertiary/aromatic N) is 3. The summed E-state index contributed by atoms with van der Waals surface area (Å²) < 4.78 is 30.4.